The number of hydrogen-bond acceptors (Lipinski definition) is 2. The standard InChI is InChI=1S/C13H11Cl2FN2O2/c1-2-3-8-11(15)17-13(20)18(12(8)19)10-6-7(16)4-5-9(10)14/h4-6H,2-3H2,1H3,(H,17,20). The quantitative estimate of drug-likeness (QED) is 0.885. The number of rotatable bonds is 3. The van der Waals surface area contributed by atoms with Crippen molar-refractivity contribution in [2.45, 2.75) is 19.8 Å². The second kappa shape index (κ2) is 5.81. The van der Waals surface area contributed by atoms with Gasteiger partial charge in [0.25, 0.3) is 5.56 Å². The average Bonchev–Trinajstić information content (AvgIpc) is 2.38. The van der Waals surface area contributed by atoms with E-state index in [4.69, 9.17) is 23.2 Å². The molecular weight excluding hydrogens is 306 g/mol. The zero-order valence-corrected chi connectivity index (χ0v) is 12.1. The predicted molar refractivity (Wildman–Crippen MR) is 76.6 cm³/mol. The Morgan fingerprint density at radius 3 is 2.65 bits per heavy atom. The van der Waals surface area contributed by atoms with Gasteiger partial charge in [-0.15, -0.1) is 0 Å². The average molecular weight is 317 g/mol. The summed E-state index contributed by atoms with van der Waals surface area (Å²) in [6.07, 6.45) is 1.08. The first-order chi connectivity index (χ1) is 9.45. The first-order valence-electron chi connectivity index (χ1n) is 5.94. The van der Waals surface area contributed by atoms with Gasteiger partial charge in [0.05, 0.1) is 16.3 Å². The van der Waals surface area contributed by atoms with Crippen molar-refractivity contribution in [2.75, 3.05) is 0 Å². The fourth-order valence-corrected chi connectivity index (χ4v) is 2.35. The molecule has 2 rings (SSSR count). The molecule has 20 heavy (non-hydrogen) atoms. The van der Waals surface area contributed by atoms with Crippen LogP contribution in [0.2, 0.25) is 10.2 Å². The molecule has 0 bridgehead atoms. The minimum atomic E-state index is -0.757. The number of aromatic nitrogens is 2. The molecule has 1 heterocycles. The van der Waals surface area contributed by atoms with Gasteiger partial charge in [0.15, 0.2) is 0 Å². The highest BCUT2D eigenvalue weighted by atomic mass is 35.5. The third-order valence-electron chi connectivity index (χ3n) is 2.80. The summed E-state index contributed by atoms with van der Waals surface area (Å²) in [6.45, 7) is 1.88. The topological polar surface area (TPSA) is 54.9 Å². The van der Waals surface area contributed by atoms with Gasteiger partial charge in [-0.05, 0) is 24.6 Å². The maximum atomic E-state index is 13.3. The minimum absolute atomic E-state index is 0.00521. The van der Waals surface area contributed by atoms with Crippen LogP contribution in [0.15, 0.2) is 27.8 Å². The van der Waals surface area contributed by atoms with E-state index in [0.717, 1.165) is 16.7 Å². The van der Waals surface area contributed by atoms with Gasteiger partial charge in [0.1, 0.15) is 11.0 Å². The molecule has 106 valence electrons. The van der Waals surface area contributed by atoms with Crippen molar-refractivity contribution in [2.24, 2.45) is 0 Å². The molecule has 1 aromatic carbocycles. The van der Waals surface area contributed by atoms with Crippen LogP contribution < -0.4 is 11.2 Å². The van der Waals surface area contributed by atoms with Gasteiger partial charge in [0.2, 0.25) is 0 Å². The molecule has 0 fully saturated rings. The van der Waals surface area contributed by atoms with Crippen molar-refractivity contribution < 1.29 is 4.39 Å². The van der Waals surface area contributed by atoms with Crippen LogP contribution in [0, 0.1) is 5.82 Å². The Kier molecular flexibility index (Phi) is 4.30. The molecule has 1 aromatic heterocycles. The van der Waals surface area contributed by atoms with E-state index in [2.05, 4.69) is 4.98 Å². The summed E-state index contributed by atoms with van der Waals surface area (Å²) in [5, 5.41) is 0.106. The highest BCUT2D eigenvalue weighted by molar-refractivity contribution is 6.32. The molecule has 0 saturated carbocycles. The second-order valence-electron chi connectivity index (χ2n) is 4.21. The normalized spacial score (nSPS) is 10.8. The summed E-state index contributed by atoms with van der Waals surface area (Å²) in [4.78, 5) is 26.6. The van der Waals surface area contributed by atoms with Crippen molar-refractivity contribution in [3.05, 3.63) is 60.6 Å². The molecule has 0 aliphatic rings. The zero-order chi connectivity index (χ0) is 14.9. The molecule has 0 radical (unpaired) electrons. The predicted octanol–water partition coefficient (Wildman–Crippen LogP) is 2.92. The Labute approximate surface area is 123 Å². The van der Waals surface area contributed by atoms with E-state index >= 15 is 0 Å². The summed E-state index contributed by atoms with van der Waals surface area (Å²) in [5.74, 6) is -0.595. The highest BCUT2D eigenvalue weighted by Crippen LogP contribution is 2.19. The van der Waals surface area contributed by atoms with E-state index in [-0.39, 0.29) is 21.4 Å². The fraction of sp³-hybridized carbons (Fsp3) is 0.231. The van der Waals surface area contributed by atoms with E-state index in [1.165, 1.54) is 6.07 Å². The number of benzene rings is 1. The molecule has 0 amide bonds. The number of aromatic amines is 1. The van der Waals surface area contributed by atoms with Gasteiger partial charge in [0, 0.05) is 0 Å². The van der Waals surface area contributed by atoms with Crippen LogP contribution in [-0.4, -0.2) is 9.55 Å². The third-order valence-corrected chi connectivity index (χ3v) is 3.44. The molecule has 0 saturated heterocycles. The maximum absolute atomic E-state index is 13.3. The molecule has 1 N–H and O–H groups in total. The van der Waals surface area contributed by atoms with Crippen LogP contribution in [0.4, 0.5) is 4.39 Å². The molecular formula is C13H11Cl2FN2O2. The minimum Gasteiger partial charge on any atom is -0.297 e. The Hall–Kier alpha value is -1.59. The van der Waals surface area contributed by atoms with Gasteiger partial charge in [-0.2, -0.15) is 0 Å². The molecule has 0 aliphatic carbocycles. The van der Waals surface area contributed by atoms with E-state index in [9.17, 15) is 14.0 Å². The molecule has 0 unspecified atom stereocenters. The molecule has 0 atom stereocenters. The fourth-order valence-electron chi connectivity index (χ4n) is 1.89. The highest BCUT2D eigenvalue weighted by Gasteiger charge is 2.15. The number of halogens is 3. The first kappa shape index (κ1) is 14.8. The van der Waals surface area contributed by atoms with Gasteiger partial charge >= 0.3 is 5.69 Å². The molecule has 0 aliphatic heterocycles. The third kappa shape index (κ3) is 2.64. The molecule has 0 spiro atoms. The van der Waals surface area contributed by atoms with E-state index in [0.29, 0.717) is 12.8 Å². The van der Waals surface area contributed by atoms with Crippen molar-refractivity contribution in [1.82, 2.24) is 9.55 Å². The zero-order valence-electron chi connectivity index (χ0n) is 10.5. The van der Waals surface area contributed by atoms with Gasteiger partial charge in [-0.1, -0.05) is 36.5 Å². The molecule has 4 nitrogen and oxygen atoms in total. The monoisotopic (exact) mass is 316 g/mol. The van der Waals surface area contributed by atoms with Crippen LogP contribution in [0.25, 0.3) is 5.69 Å². The summed E-state index contributed by atoms with van der Waals surface area (Å²) < 4.78 is 14.1. The van der Waals surface area contributed by atoms with E-state index in [1.807, 2.05) is 6.92 Å². The lowest BCUT2D eigenvalue weighted by molar-refractivity contribution is 0.625. The lowest BCUT2D eigenvalue weighted by Crippen LogP contribution is -2.36. The van der Waals surface area contributed by atoms with E-state index in [1.54, 1.807) is 0 Å². The summed E-state index contributed by atoms with van der Waals surface area (Å²) in [6, 6.07) is 3.46. The summed E-state index contributed by atoms with van der Waals surface area (Å²) in [5.41, 5.74) is -1.08. The number of nitrogens with zero attached hydrogens (tertiary/aromatic N) is 1. The first-order valence-corrected chi connectivity index (χ1v) is 6.70. The van der Waals surface area contributed by atoms with Crippen LogP contribution in [0.3, 0.4) is 0 Å². The molecule has 2 aromatic rings. The van der Waals surface area contributed by atoms with Crippen molar-refractivity contribution >= 4 is 23.2 Å². The Bertz CT molecular complexity index is 768. The maximum Gasteiger partial charge on any atom is 0.334 e. The summed E-state index contributed by atoms with van der Waals surface area (Å²) >= 11 is 11.8. The molecule has 7 heteroatoms. The Morgan fingerprint density at radius 1 is 1.30 bits per heavy atom. The van der Waals surface area contributed by atoms with E-state index < -0.39 is 17.1 Å². The van der Waals surface area contributed by atoms with Crippen molar-refractivity contribution in [1.29, 1.82) is 0 Å². The Balaban J connectivity index is 2.81. The number of nitrogens with one attached hydrogen (secondary N) is 1. The Morgan fingerprint density at radius 2 is 2.00 bits per heavy atom. The van der Waals surface area contributed by atoms with Crippen LogP contribution >= 0.6 is 23.2 Å². The van der Waals surface area contributed by atoms with Crippen molar-refractivity contribution in [3.8, 4) is 5.69 Å². The lowest BCUT2D eigenvalue weighted by Gasteiger charge is -2.10. The van der Waals surface area contributed by atoms with Crippen LogP contribution in [0.1, 0.15) is 18.9 Å². The smallest absolute Gasteiger partial charge is 0.297 e. The number of H-pyrrole nitrogens is 1. The van der Waals surface area contributed by atoms with Crippen LogP contribution in [0.5, 0.6) is 0 Å². The van der Waals surface area contributed by atoms with Gasteiger partial charge in [-0.3, -0.25) is 9.78 Å². The summed E-state index contributed by atoms with van der Waals surface area (Å²) in [7, 11) is 0. The van der Waals surface area contributed by atoms with Crippen molar-refractivity contribution in [3.63, 3.8) is 0 Å². The van der Waals surface area contributed by atoms with Gasteiger partial charge in [-0.25, -0.2) is 13.8 Å². The largest absolute Gasteiger partial charge is 0.334 e. The number of hydrogen-bond donors (Lipinski definition) is 1. The van der Waals surface area contributed by atoms with Gasteiger partial charge < -0.3 is 0 Å². The van der Waals surface area contributed by atoms with Crippen LogP contribution in [-0.2, 0) is 6.42 Å². The SMILES string of the molecule is CCCc1c(Cl)[nH]c(=O)n(-c2cc(F)ccc2Cl)c1=O. The lowest BCUT2D eigenvalue weighted by atomic mass is 10.2. The second-order valence-corrected chi connectivity index (χ2v) is 4.99.